The zero-order chi connectivity index (χ0) is 18.4. The summed E-state index contributed by atoms with van der Waals surface area (Å²) in [4.78, 5) is 12.0. The van der Waals surface area contributed by atoms with Crippen molar-refractivity contribution >= 4 is 5.91 Å². The van der Waals surface area contributed by atoms with Crippen molar-refractivity contribution in [2.75, 3.05) is 0 Å². The number of nitriles is 1. The Morgan fingerprint density at radius 3 is 2.52 bits per heavy atom. The van der Waals surface area contributed by atoms with Crippen LogP contribution in [0.4, 0.5) is 13.2 Å². The Balaban J connectivity index is 2.03. The summed E-state index contributed by atoms with van der Waals surface area (Å²) >= 11 is 0. The maximum atomic E-state index is 12.9. The summed E-state index contributed by atoms with van der Waals surface area (Å²) in [6.07, 6.45) is -5.67. The van der Waals surface area contributed by atoms with Gasteiger partial charge in [-0.1, -0.05) is 30.3 Å². The molecule has 0 fully saturated rings. The molecule has 0 heterocycles. The fourth-order valence-corrected chi connectivity index (χ4v) is 2.12. The fraction of sp³-hybridized carbons (Fsp3) is 0.222. The minimum Gasteiger partial charge on any atom is -0.481 e. The van der Waals surface area contributed by atoms with E-state index in [1.807, 2.05) is 30.3 Å². The largest absolute Gasteiger partial charge is 0.481 e. The van der Waals surface area contributed by atoms with Crippen LogP contribution in [-0.4, -0.2) is 12.0 Å². The summed E-state index contributed by atoms with van der Waals surface area (Å²) in [6, 6.07) is 13.6. The number of alkyl halides is 3. The molecule has 0 radical (unpaired) electrons. The number of nitrogens with zero attached hydrogens (tertiary/aromatic N) is 1. The van der Waals surface area contributed by atoms with Crippen molar-refractivity contribution in [1.82, 2.24) is 5.32 Å². The minimum absolute atomic E-state index is 0.131. The third-order valence-electron chi connectivity index (χ3n) is 3.41. The number of ether oxygens (including phenoxy) is 1. The molecule has 25 heavy (non-hydrogen) atoms. The summed E-state index contributed by atoms with van der Waals surface area (Å²) < 4.78 is 44.1. The molecule has 2 aromatic rings. The van der Waals surface area contributed by atoms with Gasteiger partial charge in [0.25, 0.3) is 5.91 Å². The molecule has 0 spiro atoms. The van der Waals surface area contributed by atoms with Gasteiger partial charge in [0.2, 0.25) is 0 Å². The summed E-state index contributed by atoms with van der Waals surface area (Å²) in [6.45, 7) is 1.72. The maximum absolute atomic E-state index is 12.9. The third kappa shape index (κ3) is 4.98. The molecule has 0 aliphatic rings. The summed E-state index contributed by atoms with van der Waals surface area (Å²) in [7, 11) is 0. The second-order valence-electron chi connectivity index (χ2n) is 5.28. The molecule has 1 unspecified atom stereocenters. The molecule has 0 bridgehead atoms. The van der Waals surface area contributed by atoms with Gasteiger partial charge < -0.3 is 10.1 Å². The highest BCUT2D eigenvalue weighted by Gasteiger charge is 2.34. The average molecular weight is 348 g/mol. The molecular weight excluding hydrogens is 333 g/mol. The zero-order valence-electron chi connectivity index (χ0n) is 13.3. The molecule has 7 heteroatoms. The van der Waals surface area contributed by atoms with Gasteiger partial charge in [0, 0.05) is 6.54 Å². The monoisotopic (exact) mass is 348 g/mol. The standard InChI is InChI=1S/C18H15F3N2O2/c1-12(17(24)23-11-13-5-3-2-4-6-13)25-15-8-7-14(10-22)16(9-15)18(19,20)21/h2-9,12H,11H2,1H3,(H,23,24). The fourth-order valence-electron chi connectivity index (χ4n) is 2.12. The Hall–Kier alpha value is -3.01. The number of carbonyl (C=O) groups excluding carboxylic acids is 1. The first kappa shape index (κ1) is 18.3. The van der Waals surface area contributed by atoms with Crippen molar-refractivity contribution in [1.29, 1.82) is 5.26 Å². The van der Waals surface area contributed by atoms with Crippen molar-refractivity contribution in [3.63, 3.8) is 0 Å². The number of nitrogens with one attached hydrogen (secondary N) is 1. The molecule has 130 valence electrons. The lowest BCUT2D eigenvalue weighted by Crippen LogP contribution is -2.35. The lowest BCUT2D eigenvalue weighted by Gasteiger charge is -2.16. The molecule has 1 amide bonds. The van der Waals surface area contributed by atoms with E-state index in [-0.39, 0.29) is 12.3 Å². The first-order chi connectivity index (χ1) is 11.8. The van der Waals surface area contributed by atoms with E-state index in [0.717, 1.165) is 17.7 Å². The van der Waals surface area contributed by atoms with Crippen molar-refractivity contribution in [3.8, 4) is 11.8 Å². The Bertz CT molecular complexity index is 783. The van der Waals surface area contributed by atoms with Gasteiger partial charge >= 0.3 is 6.18 Å². The van der Waals surface area contributed by atoms with Crippen LogP contribution in [0.2, 0.25) is 0 Å². The predicted octanol–water partition coefficient (Wildman–Crippen LogP) is 3.66. The highest BCUT2D eigenvalue weighted by atomic mass is 19.4. The normalized spacial score (nSPS) is 12.1. The molecule has 4 nitrogen and oxygen atoms in total. The summed E-state index contributed by atoms with van der Waals surface area (Å²) in [5.74, 6) is -0.588. The Labute approximate surface area is 142 Å². The molecular formula is C18H15F3N2O2. The zero-order valence-corrected chi connectivity index (χ0v) is 13.3. The van der Waals surface area contributed by atoms with Gasteiger partial charge in [0.05, 0.1) is 17.2 Å². The van der Waals surface area contributed by atoms with E-state index >= 15 is 0 Å². The number of hydrogen-bond donors (Lipinski definition) is 1. The number of benzene rings is 2. The van der Waals surface area contributed by atoms with Crippen LogP contribution in [0.15, 0.2) is 48.5 Å². The van der Waals surface area contributed by atoms with E-state index < -0.39 is 29.3 Å². The number of hydrogen-bond acceptors (Lipinski definition) is 3. The van der Waals surface area contributed by atoms with Crippen molar-refractivity contribution in [2.24, 2.45) is 0 Å². The Morgan fingerprint density at radius 1 is 1.24 bits per heavy atom. The number of carbonyl (C=O) groups is 1. The number of amides is 1. The van der Waals surface area contributed by atoms with E-state index in [0.29, 0.717) is 0 Å². The third-order valence-corrected chi connectivity index (χ3v) is 3.41. The molecule has 0 aliphatic carbocycles. The minimum atomic E-state index is -4.68. The van der Waals surface area contributed by atoms with Crippen molar-refractivity contribution < 1.29 is 22.7 Å². The van der Waals surface area contributed by atoms with Crippen LogP contribution in [-0.2, 0) is 17.5 Å². The van der Waals surface area contributed by atoms with Crippen molar-refractivity contribution in [2.45, 2.75) is 25.7 Å². The summed E-state index contributed by atoms with van der Waals surface area (Å²) in [5.41, 5.74) is -0.703. The molecule has 2 rings (SSSR count). The first-order valence-corrected chi connectivity index (χ1v) is 7.41. The van der Waals surface area contributed by atoms with E-state index in [1.54, 1.807) is 0 Å². The van der Waals surface area contributed by atoms with Gasteiger partial charge in [-0.05, 0) is 30.7 Å². The van der Waals surface area contributed by atoms with Crippen LogP contribution in [0.3, 0.4) is 0 Å². The molecule has 0 aromatic heterocycles. The Kier molecular flexibility index (Phi) is 5.65. The van der Waals surface area contributed by atoms with Crippen LogP contribution >= 0.6 is 0 Å². The SMILES string of the molecule is CC(Oc1ccc(C#N)c(C(F)(F)F)c1)C(=O)NCc1ccccc1. The Morgan fingerprint density at radius 2 is 1.92 bits per heavy atom. The lowest BCUT2D eigenvalue weighted by molar-refractivity contribution is -0.137. The highest BCUT2D eigenvalue weighted by Crippen LogP contribution is 2.34. The molecule has 0 aliphatic heterocycles. The average Bonchev–Trinajstić information content (AvgIpc) is 2.59. The predicted molar refractivity (Wildman–Crippen MR) is 84.5 cm³/mol. The molecule has 0 saturated carbocycles. The van der Waals surface area contributed by atoms with Crippen LogP contribution in [0.1, 0.15) is 23.6 Å². The quantitative estimate of drug-likeness (QED) is 0.897. The van der Waals surface area contributed by atoms with E-state index in [4.69, 9.17) is 10.00 Å². The summed E-state index contributed by atoms with van der Waals surface area (Å²) in [5, 5.41) is 11.4. The molecule has 1 N–H and O–H groups in total. The second-order valence-corrected chi connectivity index (χ2v) is 5.28. The van der Waals surface area contributed by atoms with Gasteiger partial charge in [0.15, 0.2) is 6.10 Å². The van der Waals surface area contributed by atoms with Gasteiger partial charge in [-0.3, -0.25) is 4.79 Å². The smallest absolute Gasteiger partial charge is 0.417 e. The lowest BCUT2D eigenvalue weighted by atomic mass is 10.1. The molecule has 2 aromatic carbocycles. The van der Waals surface area contributed by atoms with Gasteiger partial charge in [-0.2, -0.15) is 18.4 Å². The van der Waals surface area contributed by atoms with Gasteiger partial charge in [0.1, 0.15) is 5.75 Å². The van der Waals surface area contributed by atoms with E-state index in [2.05, 4.69) is 5.32 Å². The number of rotatable bonds is 5. The first-order valence-electron chi connectivity index (χ1n) is 7.41. The van der Waals surface area contributed by atoms with Gasteiger partial charge in [-0.15, -0.1) is 0 Å². The van der Waals surface area contributed by atoms with Crippen LogP contribution in [0, 0.1) is 11.3 Å². The molecule has 1 atom stereocenters. The highest BCUT2D eigenvalue weighted by molar-refractivity contribution is 5.80. The van der Waals surface area contributed by atoms with Crippen LogP contribution in [0.5, 0.6) is 5.75 Å². The van der Waals surface area contributed by atoms with Crippen LogP contribution < -0.4 is 10.1 Å². The van der Waals surface area contributed by atoms with E-state index in [9.17, 15) is 18.0 Å². The van der Waals surface area contributed by atoms with Crippen molar-refractivity contribution in [3.05, 3.63) is 65.2 Å². The molecule has 0 saturated heterocycles. The van der Waals surface area contributed by atoms with Gasteiger partial charge in [-0.25, -0.2) is 0 Å². The number of halogens is 3. The second kappa shape index (κ2) is 7.71. The topological polar surface area (TPSA) is 62.1 Å². The van der Waals surface area contributed by atoms with E-state index in [1.165, 1.54) is 19.1 Å². The van der Waals surface area contributed by atoms with Crippen LogP contribution in [0.25, 0.3) is 0 Å². The maximum Gasteiger partial charge on any atom is 0.417 e.